The molecule has 5 heteroatoms. The summed E-state index contributed by atoms with van der Waals surface area (Å²) in [6.07, 6.45) is 8.52. The molecule has 1 amide bonds. The number of carbonyl (C=O) groups is 1. The molecule has 0 aromatic carbocycles. The lowest BCUT2D eigenvalue weighted by Gasteiger charge is -2.24. The SMILES string of the molecule is Cc1cnn(C[C@@H]2CCCN2C(=O)CCc2ccc([C@H]3C[C@@H]3C)o2)c1. The van der Waals surface area contributed by atoms with Gasteiger partial charge in [0.25, 0.3) is 0 Å². The van der Waals surface area contributed by atoms with Crippen LogP contribution < -0.4 is 0 Å². The van der Waals surface area contributed by atoms with Gasteiger partial charge in [-0.25, -0.2) is 0 Å². The Morgan fingerprint density at radius 1 is 1.40 bits per heavy atom. The molecule has 0 unspecified atom stereocenters. The van der Waals surface area contributed by atoms with Crippen LogP contribution in [0.4, 0.5) is 0 Å². The van der Waals surface area contributed by atoms with E-state index in [1.165, 1.54) is 6.42 Å². The lowest BCUT2D eigenvalue weighted by Crippen LogP contribution is -2.38. The standard InChI is InChI=1S/C20H27N3O2/c1-14-11-21-22(12-14)13-16-4-3-9-23(16)20(24)8-6-17-5-7-19(25-17)18-10-15(18)2/h5,7,11-12,15-16,18H,3-4,6,8-10,13H2,1-2H3/t15-,16-,18-/m0/s1. The van der Waals surface area contributed by atoms with Crippen molar-refractivity contribution in [1.29, 1.82) is 0 Å². The number of aryl methyl sites for hydroxylation is 2. The number of carbonyl (C=O) groups excluding carboxylic acids is 1. The van der Waals surface area contributed by atoms with E-state index in [0.717, 1.165) is 48.9 Å². The molecule has 2 aliphatic rings. The van der Waals surface area contributed by atoms with Crippen molar-refractivity contribution >= 4 is 5.91 Å². The van der Waals surface area contributed by atoms with Crippen LogP contribution in [0, 0.1) is 12.8 Å². The van der Waals surface area contributed by atoms with Gasteiger partial charge in [0.15, 0.2) is 0 Å². The minimum Gasteiger partial charge on any atom is -0.466 e. The van der Waals surface area contributed by atoms with Crippen molar-refractivity contribution < 1.29 is 9.21 Å². The van der Waals surface area contributed by atoms with Crippen molar-refractivity contribution in [3.63, 3.8) is 0 Å². The maximum Gasteiger partial charge on any atom is 0.223 e. The molecule has 2 aromatic heterocycles. The molecule has 0 radical (unpaired) electrons. The molecule has 0 bridgehead atoms. The second-order valence-electron chi connectivity index (χ2n) is 7.75. The minimum atomic E-state index is 0.240. The molecule has 1 saturated heterocycles. The Bertz CT molecular complexity index is 748. The van der Waals surface area contributed by atoms with Crippen molar-refractivity contribution in [2.24, 2.45) is 5.92 Å². The summed E-state index contributed by atoms with van der Waals surface area (Å²) in [4.78, 5) is 14.7. The number of hydrogen-bond acceptors (Lipinski definition) is 3. The van der Waals surface area contributed by atoms with Crippen molar-refractivity contribution in [2.45, 2.75) is 64.5 Å². The predicted octanol–water partition coefficient (Wildman–Crippen LogP) is 3.53. The fourth-order valence-corrected chi connectivity index (χ4v) is 3.96. The first-order chi connectivity index (χ1) is 12.1. The molecule has 1 saturated carbocycles. The van der Waals surface area contributed by atoms with Gasteiger partial charge in [-0.1, -0.05) is 6.92 Å². The van der Waals surface area contributed by atoms with Gasteiger partial charge in [0.1, 0.15) is 11.5 Å². The summed E-state index contributed by atoms with van der Waals surface area (Å²) >= 11 is 0. The number of nitrogens with zero attached hydrogens (tertiary/aromatic N) is 3. The average molecular weight is 341 g/mol. The molecule has 0 spiro atoms. The van der Waals surface area contributed by atoms with Gasteiger partial charge in [-0.2, -0.15) is 5.10 Å². The van der Waals surface area contributed by atoms with Crippen LogP contribution in [0.15, 0.2) is 28.9 Å². The zero-order valence-electron chi connectivity index (χ0n) is 15.1. The molecule has 5 nitrogen and oxygen atoms in total. The number of furan rings is 1. The lowest BCUT2D eigenvalue weighted by molar-refractivity contribution is -0.132. The molecule has 1 aliphatic carbocycles. The molecule has 2 fully saturated rings. The van der Waals surface area contributed by atoms with Crippen LogP contribution in [0.1, 0.15) is 55.6 Å². The van der Waals surface area contributed by atoms with Gasteiger partial charge in [-0.05, 0) is 49.8 Å². The fourth-order valence-electron chi connectivity index (χ4n) is 3.96. The molecule has 25 heavy (non-hydrogen) atoms. The molecular weight excluding hydrogens is 314 g/mol. The topological polar surface area (TPSA) is 51.3 Å². The van der Waals surface area contributed by atoms with E-state index in [1.54, 1.807) is 0 Å². The Balaban J connectivity index is 1.31. The largest absolute Gasteiger partial charge is 0.466 e. The van der Waals surface area contributed by atoms with Crippen LogP contribution in [0.5, 0.6) is 0 Å². The third-order valence-electron chi connectivity index (χ3n) is 5.60. The van der Waals surface area contributed by atoms with Gasteiger partial charge in [0.2, 0.25) is 5.91 Å². The molecular formula is C20H27N3O2. The van der Waals surface area contributed by atoms with E-state index in [4.69, 9.17) is 4.42 Å². The summed E-state index contributed by atoms with van der Waals surface area (Å²) in [5.74, 6) is 3.63. The quantitative estimate of drug-likeness (QED) is 0.807. The van der Waals surface area contributed by atoms with Gasteiger partial charge in [-0.3, -0.25) is 9.48 Å². The van der Waals surface area contributed by atoms with Crippen molar-refractivity contribution in [3.05, 3.63) is 41.6 Å². The monoisotopic (exact) mass is 341 g/mol. The van der Waals surface area contributed by atoms with Gasteiger partial charge in [-0.15, -0.1) is 0 Å². The molecule has 0 N–H and O–H groups in total. The smallest absolute Gasteiger partial charge is 0.223 e. The first-order valence-electron chi connectivity index (χ1n) is 9.47. The van der Waals surface area contributed by atoms with Crippen LogP contribution >= 0.6 is 0 Å². The third-order valence-corrected chi connectivity index (χ3v) is 5.60. The first-order valence-corrected chi connectivity index (χ1v) is 9.47. The molecule has 1 aliphatic heterocycles. The van der Waals surface area contributed by atoms with Crippen LogP contribution in [0.3, 0.4) is 0 Å². The normalized spacial score (nSPS) is 25.5. The Kier molecular flexibility index (Phi) is 4.40. The van der Waals surface area contributed by atoms with Crippen LogP contribution in [-0.4, -0.2) is 33.2 Å². The van der Waals surface area contributed by atoms with Gasteiger partial charge in [0.05, 0.1) is 18.8 Å². The van der Waals surface area contributed by atoms with E-state index >= 15 is 0 Å². The summed E-state index contributed by atoms with van der Waals surface area (Å²) < 4.78 is 7.89. The molecule has 134 valence electrons. The zero-order chi connectivity index (χ0) is 17.4. The molecule has 2 aromatic rings. The zero-order valence-corrected chi connectivity index (χ0v) is 15.1. The van der Waals surface area contributed by atoms with Gasteiger partial charge < -0.3 is 9.32 Å². The summed E-state index contributed by atoms with van der Waals surface area (Å²) in [5, 5.41) is 4.36. The number of aromatic nitrogens is 2. The lowest BCUT2D eigenvalue weighted by atomic mass is 10.2. The summed E-state index contributed by atoms with van der Waals surface area (Å²) in [6.45, 7) is 5.96. The first kappa shape index (κ1) is 16.4. The maximum atomic E-state index is 12.7. The Morgan fingerprint density at radius 2 is 2.24 bits per heavy atom. The number of amides is 1. The minimum absolute atomic E-state index is 0.240. The Hall–Kier alpha value is -2.04. The average Bonchev–Trinajstić information content (AvgIpc) is 3.04. The summed E-state index contributed by atoms with van der Waals surface area (Å²) in [6, 6.07) is 4.40. The van der Waals surface area contributed by atoms with Crippen molar-refractivity contribution in [2.75, 3.05) is 6.54 Å². The number of hydrogen-bond donors (Lipinski definition) is 0. The highest BCUT2D eigenvalue weighted by atomic mass is 16.3. The van der Waals surface area contributed by atoms with Gasteiger partial charge >= 0.3 is 0 Å². The number of rotatable bonds is 6. The van der Waals surface area contributed by atoms with Gasteiger partial charge in [0, 0.05) is 31.5 Å². The highest BCUT2D eigenvalue weighted by Crippen LogP contribution is 2.47. The van der Waals surface area contributed by atoms with Crippen LogP contribution in [-0.2, 0) is 17.8 Å². The number of likely N-dealkylation sites (tertiary alicyclic amines) is 1. The van der Waals surface area contributed by atoms with Crippen molar-refractivity contribution in [3.8, 4) is 0 Å². The highest BCUT2D eigenvalue weighted by Gasteiger charge is 2.36. The summed E-state index contributed by atoms with van der Waals surface area (Å²) in [7, 11) is 0. The maximum absolute atomic E-state index is 12.7. The molecule has 3 atom stereocenters. The Labute approximate surface area is 149 Å². The molecule has 4 rings (SSSR count). The van der Waals surface area contributed by atoms with E-state index in [-0.39, 0.29) is 11.9 Å². The van der Waals surface area contributed by atoms with Crippen LogP contribution in [0.25, 0.3) is 0 Å². The molecule has 3 heterocycles. The van der Waals surface area contributed by atoms with E-state index in [1.807, 2.05) is 35.0 Å². The fraction of sp³-hybridized carbons (Fsp3) is 0.600. The predicted molar refractivity (Wildman–Crippen MR) is 95.3 cm³/mol. The van der Waals surface area contributed by atoms with Crippen LogP contribution in [0.2, 0.25) is 0 Å². The second kappa shape index (κ2) is 6.70. The summed E-state index contributed by atoms with van der Waals surface area (Å²) in [5.41, 5.74) is 1.16. The third kappa shape index (κ3) is 3.65. The van der Waals surface area contributed by atoms with Crippen molar-refractivity contribution in [1.82, 2.24) is 14.7 Å². The van der Waals surface area contributed by atoms with E-state index in [2.05, 4.69) is 18.1 Å². The van der Waals surface area contributed by atoms with E-state index < -0.39 is 0 Å². The highest BCUT2D eigenvalue weighted by molar-refractivity contribution is 5.77. The van der Waals surface area contributed by atoms with E-state index in [9.17, 15) is 4.79 Å². The second-order valence-corrected chi connectivity index (χ2v) is 7.75. The van der Waals surface area contributed by atoms with E-state index in [0.29, 0.717) is 18.8 Å². The Morgan fingerprint density at radius 3 is 2.96 bits per heavy atom.